The Morgan fingerprint density at radius 2 is 1.79 bits per heavy atom. The van der Waals surface area contributed by atoms with Crippen LogP contribution in [-0.2, 0) is 35.6 Å². The van der Waals surface area contributed by atoms with E-state index in [1.165, 1.54) is 41.0 Å². The Labute approximate surface area is 172 Å². The summed E-state index contributed by atoms with van der Waals surface area (Å²) in [5.41, 5.74) is 3.31. The summed E-state index contributed by atoms with van der Waals surface area (Å²) in [4.78, 5) is 16.3. The molecule has 7 heteroatoms. The van der Waals surface area contributed by atoms with Crippen molar-refractivity contribution in [3.05, 3.63) is 75.5 Å². The van der Waals surface area contributed by atoms with E-state index < -0.39 is 5.97 Å². The number of ether oxygens (including phenoxy) is 3. The molecule has 0 aliphatic heterocycles. The van der Waals surface area contributed by atoms with E-state index in [0.717, 1.165) is 17.8 Å². The van der Waals surface area contributed by atoms with Crippen LogP contribution in [0.2, 0.25) is 0 Å². The third-order valence-corrected chi connectivity index (χ3v) is 5.45. The third kappa shape index (κ3) is 5.32. The second-order valence-electron chi connectivity index (χ2n) is 6.71. The first-order valence-corrected chi connectivity index (χ1v) is 10.3. The molecule has 1 aliphatic carbocycles. The summed E-state index contributed by atoms with van der Waals surface area (Å²) < 4.78 is 29.2. The normalized spacial score (nSPS) is 12.4. The molecule has 1 heterocycles. The summed E-state index contributed by atoms with van der Waals surface area (Å²) in [6.45, 7) is 0.217. The second kappa shape index (κ2) is 9.05. The lowest BCUT2D eigenvalue weighted by Crippen LogP contribution is -2.15. The van der Waals surface area contributed by atoms with Crippen molar-refractivity contribution in [2.75, 3.05) is 6.61 Å². The van der Waals surface area contributed by atoms with Crippen LogP contribution in [0.1, 0.15) is 28.2 Å². The highest BCUT2D eigenvalue weighted by molar-refractivity contribution is 7.09. The Hall–Kier alpha value is -2.93. The number of esters is 1. The summed E-state index contributed by atoms with van der Waals surface area (Å²) >= 11 is 1.41. The van der Waals surface area contributed by atoms with E-state index in [1.54, 1.807) is 12.1 Å². The molecule has 0 N–H and O–H groups in total. The van der Waals surface area contributed by atoms with Crippen molar-refractivity contribution in [1.29, 1.82) is 0 Å². The standard InChI is InChI=1S/C22H20FNO4S/c23-17-5-8-19(9-6-17)26-12-21-24-18(14-29-21)11-28-22(25)13-27-20-7-4-15-2-1-3-16(15)10-20/h4-10,14H,1-3,11-13H2. The number of thiazole rings is 1. The van der Waals surface area contributed by atoms with Gasteiger partial charge in [-0.1, -0.05) is 6.07 Å². The van der Waals surface area contributed by atoms with E-state index in [4.69, 9.17) is 14.2 Å². The molecule has 0 atom stereocenters. The van der Waals surface area contributed by atoms with Gasteiger partial charge in [-0.15, -0.1) is 11.3 Å². The van der Waals surface area contributed by atoms with Crippen LogP contribution in [-0.4, -0.2) is 17.6 Å². The highest BCUT2D eigenvalue weighted by Gasteiger charge is 2.13. The Morgan fingerprint density at radius 3 is 2.66 bits per heavy atom. The number of aryl methyl sites for hydroxylation is 2. The zero-order valence-electron chi connectivity index (χ0n) is 15.7. The van der Waals surface area contributed by atoms with Crippen molar-refractivity contribution >= 4 is 17.3 Å². The van der Waals surface area contributed by atoms with Gasteiger partial charge in [0.05, 0.1) is 5.69 Å². The van der Waals surface area contributed by atoms with Gasteiger partial charge in [-0.2, -0.15) is 0 Å². The van der Waals surface area contributed by atoms with Gasteiger partial charge in [-0.3, -0.25) is 0 Å². The molecule has 0 amide bonds. The summed E-state index contributed by atoms with van der Waals surface area (Å²) in [6, 6.07) is 11.8. The molecular formula is C22H20FNO4S. The fourth-order valence-corrected chi connectivity index (χ4v) is 3.82. The number of hydrogen-bond acceptors (Lipinski definition) is 6. The third-order valence-electron chi connectivity index (χ3n) is 4.58. The maximum absolute atomic E-state index is 12.9. The number of benzene rings is 2. The van der Waals surface area contributed by atoms with Crippen molar-refractivity contribution < 1.29 is 23.4 Å². The minimum atomic E-state index is -0.442. The first-order valence-electron chi connectivity index (χ1n) is 9.37. The molecule has 0 bridgehead atoms. The van der Waals surface area contributed by atoms with Gasteiger partial charge >= 0.3 is 5.97 Å². The molecule has 0 saturated heterocycles. The molecule has 4 rings (SSSR count). The molecule has 5 nitrogen and oxygen atoms in total. The number of nitrogens with zero attached hydrogens (tertiary/aromatic N) is 1. The number of hydrogen-bond donors (Lipinski definition) is 0. The highest BCUT2D eigenvalue weighted by atomic mass is 32.1. The highest BCUT2D eigenvalue weighted by Crippen LogP contribution is 2.26. The van der Waals surface area contributed by atoms with Crippen LogP contribution in [0.15, 0.2) is 47.8 Å². The second-order valence-corrected chi connectivity index (χ2v) is 7.65. The summed E-state index contributed by atoms with van der Waals surface area (Å²) in [7, 11) is 0. The van der Waals surface area contributed by atoms with E-state index in [9.17, 15) is 9.18 Å². The smallest absolute Gasteiger partial charge is 0.344 e. The van der Waals surface area contributed by atoms with E-state index in [-0.39, 0.29) is 25.6 Å². The van der Waals surface area contributed by atoms with Crippen molar-refractivity contribution in [3.8, 4) is 11.5 Å². The quantitative estimate of drug-likeness (QED) is 0.510. The zero-order chi connectivity index (χ0) is 20.1. The summed E-state index contributed by atoms with van der Waals surface area (Å²) in [5, 5.41) is 2.56. The van der Waals surface area contributed by atoms with Crippen LogP contribution in [0.3, 0.4) is 0 Å². The van der Waals surface area contributed by atoms with E-state index in [1.807, 2.05) is 17.5 Å². The molecule has 1 aliphatic rings. The van der Waals surface area contributed by atoms with Crippen LogP contribution < -0.4 is 9.47 Å². The van der Waals surface area contributed by atoms with Gasteiger partial charge in [0, 0.05) is 5.38 Å². The van der Waals surface area contributed by atoms with Crippen molar-refractivity contribution in [2.45, 2.75) is 32.5 Å². The molecule has 150 valence electrons. The van der Waals surface area contributed by atoms with Crippen LogP contribution >= 0.6 is 11.3 Å². The molecule has 2 aromatic carbocycles. The fraction of sp³-hybridized carbons (Fsp3) is 0.273. The number of fused-ring (bicyclic) bond motifs is 1. The van der Waals surface area contributed by atoms with Crippen molar-refractivity contribution in [3.63, 3.8) is 0 Å². The molecule has 0 radical (unpaired) electrons. The fourth-order valence-electron chi connectivity index (χ4n) is 3.13. The molecular weight excluding hydrogens is 393 g/mol. The predicted molar refractivity (Wildman–Crippen MR) is 107 cm³/mol. The van der Waals surface area contributed by atoms with Crippen LogP contribution in [0.4, 0.5) is 4.39 Å². The Kier molecular flexibility index (Phi) is 6.05. The maximum atomic E-state index is 12.9. The lowest BCUT2D eigenvalue weighted by atomic mass is 10.1. The molecule has 0 unspecified atom stereocenters. The summed E-state index contributed by atoms with van der Waals surface area (Å²) in [6.07, 6.45) is 3.35. The molecule has 0 fully saturated rings. The number of carbonyl (C=O) groups excluding carboxylic acids is 1. The predicted octanol–water partition coefficient (Wildman–Crippen LogP) is 4.47. The van der Waals surface area contributed by atoms with E-state index in [2.05, 4.69) is 11.1 Å². The minimum absolute atomic E-state index is 0.0828. The first-order chi connectivity index (χ1) is 14.2. The van der Waals surface area contributed by atoms with E-state index >= 15 is 0 Å². The van der Waals surface area contributed by atoms with Crippen molar-refractivity contribution in [2.24, 2.45) is 0 Å². The molecule has 3 aromatic rings. The average molecular weight is 413 g/mol. The minimum Gasteiger partial charge on any atom is -0.486 e. The van der Waals surface area contributed by atoms with E-state index in [0.29, 0.717) is 17.2 Å². The largest absolute Gasteiger partial charge is 0.486 e. The van der Waals surface area contributed by atoms with Gasteiger partial charge in [0.2, 0.25) is 0 Å². The number of carbonyl (C=O) groups is 1. The maximum Gasteiger partial charge on any atom is 0.344 e. The van der Waals surface area contributed by atoms with Gasteiger partial charge in [0.1, 0.15) is 35.5 Å². The number of aromatic nitrogens is 1. The zero-order valence-corrected chi connectivity index (χ0v) is 16.5. The Morgan fingerprint density at radius 1 is 1.00 bits per heavy atom. The molecule has 0 saturated carbocycles. The van der Waals surface area contributed by atoms with Gasteiger partial charge in [0.15, 0.2) is 6.61 Å². The lowest BCUT2D eigenvalue weighted by molar-refractivity contribution is -0.147. The lowest BCUT2D eigenvalue weighted by Gasteiger charge is -2.08. The van der Waals surface area contributed by atoms with Gasteiger partial charge in [-0.05, 0) is 66.8 Å². The van der Waals surface area contributed by atoms with Crippen LogP contribution in [0.25, 0.3) is 0 Å². The molecule has 1 aromatic heterocycles. The topological polar surface area (TPSA) is 57.7 Å². The average Bonchev–Trinajstić information content (AvgIpc) is 3.39. The molecule has 0 spiro atoms. The number of rotatable bonds is 8. The SMILES string of the molecule is O=C(COc1ccc2c(c1)CCC2)OCc1csc(COc2ccc(F)cc2)n1. The van der Waals surface area contributed by atoms with Gasteiger partial charge < -0.3 is 14.2 Å². The first kappa shape index (κ1) is 19.4. The van der Waals surface area contributed by atoms with Crippen molar-refractivity contribution in [1.82, 2.24) is 4.98 Å². The summed E-state index contributed by atoms with van der Waals surface area (Å²) in [5.74, 6) is 0.508. The Balaban J connectivity index is 1.20. The molecule has 29 heavy (non-hydrogen) atoms. The number of halogens is 1. The van der Waals surface area contributed by atoms with Gasteiger partial charge in [-0.25, -0.2) is 14.2 Å². The van der Waals surface area contributed by atoms with Crippen LogP contribution in [0.5, 0.6) is 11.5 Å². The monoisotopic (exact) mass is 413 g/mol. The van der Waals surface area contributed by atoms with Gasteiger partial charge in [0.25, 0.3) is 0 Å². The Bertz CT molecular complexity index is 987. The van der Waals surface area contributed by atoms with Crippen LogP contribution in [0, 0.1) is 5.82 Å².